The van der Waals surface area contributed by atoms with Crippen molar-refractivity contribution in [3.8, 4) is 5.75 Å². The molecule has 0 aliphatic heterocycles. The average molecular weight is 479 g/mol. The Morgan fingerprint density at radius 1 is 1.19 bits per heavy atom. The molecule has 0 bridgehead atoms. The number of benzene rings is 1. The summed E-state index contributed by atoms with van der Waals surface area (Å²) in [6, 6.07) is 6.09. The molecular formula is C17H19BrO5S3. The topological polar surface area (TPSA) is 69.7 Å². The van der Waals surface area contributed by atoms with Crippen LogP contribution in [0.15, 0.2) is 42.7 Å². The van der Waals surface area contributed by atoms with Crippen molar-refractivity contribution in [1.82, 2.24) is 0 Å². The first-order valence-corrected chi connectivity index (χ1v) is 11.8. The summed E-state index contributed by atoms with van der Waals surface area (Å²) in [7, 11) is -2.57. The van der Waals surface area contributed by atoms with E-state index in [2.05, 4.69) is 15.9 Å². The van der Waals surface area contributed by atoms with Gasteiger partial charge in [-0.2, -0.15) is 0 Å². The van der Waals surface area contributed by atoms with E-state index in [1.165, 1.54) is 37.1 Å². The first-order valence-electron chi connectivity index (χ1n) is 7.49. The molecule has 0 spiro atoms. The summed E-state index contributed by atoms with van der Waals surface area (Å²) in [4.78, 5) is 12.2. The van der Waals surface area contributed by atoms with E-state index in [0.29, 0.717) is 14.4 Å². The second-order valence-corrected chi connectivity index (χ2v) is 11.3. The number of esters is 1. The lowest BCUT2D eigenvalue weighted by molar-refractivity contribution is 0.0606. The Hall–Kier alpha value is -1.03. The fourth-order valence-electron chi connectivity index (χ4n) is 2.12. The highest BCUT2D eigenvalue weighted by atomic mass is 79.9. The maximum Gasteiger partial charge on any atom is 0.348 e. The van der Waals surface area contributed by atoms with Crippen LogP contribution in [-0.4, -0.2) is 33.4 Å². The predicted molar refractivity (Wildman–Crippen MR) is 107 cm³/mol. The van der Waals surface area contributed by atoms with Crippen molar-refractivity contribution < 1.29 is 22.7 Å². The largest absolute Gasteiger partial charge is 0.488 e. The van der Waals surface area contributed by atoms with Crippen LogP contribution in [0.2, 0.25) is 0 Å². The highest BCUT2D eigenvalue weighted by Crippen LogP contribution is 2.38. The van der Waals surface area contributed by atoms with Crippen LogP contribution in [0.3, 0.4) is 0 Å². The number of halogens is 1. The maximum absolute atomic E-state index is 13.2. The van der Waals surface area contributed by atoms with E-state index in [1.807, 2.05) is 20.8 Å². The normalized spacial score (nSPS) is 12.1. The van der Waals surface area contributed by atoms with Gasteiger partial charge in [0.25, 0.3) is 0 Å². The van der Waals surface area contributed by atoms with Gasteiger partial charge in [0.1, 0.15) is 16.2 Å². The fourth-order valence-corrected chi connectivity index (χ4v) is 6.72. The molecule has 1 heterocycles. The van der Waals surface area contributed by atoms with Gasteiger partial charge in [-0.15, -0.1) is 23.1 Å². The average Bonchev–Trinajstić information content (AvgIpc) is 2.97. The zero-order valence-corrected chi connectivity index (χ0v) is 19.0. The van der Waals surface area contributed by atoms with Crippen LogP contribution in [0, 0.1) is 0 Å². The Morgan fingerprint density at radius 3 is 2.38 bits per heavy atom. The van der Waals surface area contributed by atoms with E-state index < -0.39 is 21.4 Å². The van der Waals surface area contributed by atoms with Crippen molar-refractivity contribution >= 4 is 54.8 Å². The summed E-state index contributed by atoms with van der Waals surface area (Å²) in [6.45, 7) is 5.65. The van der Waals surface area contributed by atoms with E-state index in [0.717, 1.165) is 11.3 Å². The number of rotatable bonds is 5. The van der Waals surface area contributed by atoms with E-state index >= 15 is 0 Å². The number of thioether (sulfide) groups is 1. The monoisotopic (exact) mass is 478 g/mol. The van der Waals surface area contributed by atoms with Crippen LogP contribution < -0.4 is 4.74 Å². The first kappa shape index (κ1) is 21.3. The molecule has 1 aromatic heterocycles. The van der Waals surface area contributed by atoms with E-state index in [-0.39, 0.29) is 14.7 Å². The number of sulfone groups is 1. The lowest BCUT2D eigenvalue weighted by Gasteiger charge is -2.22. The molecule has 5 nitrogen and oxygen atoms in total. The highest BCUT2D eigenvalue weighted by Gasteiger charge is 2.27. The van der Waals surface area contributed by atoms with Gasteiger partial charge in [-0.05, 0) is 51.3 Å². The Morgan fingerprint density at radius 2 is 1.85 bits per heavy atom. The maximum atomic E-state index is 13.2. The zero-order chi connectivity index (χ0) is 19.7. The molecule has 0 amide bonds. The smallest absolute Gasteiger partial charge is 0.348 e. The fraction of sp³-hybridized carbons (Fsp3) is 0.353. The Bertz CT molecular complexity index is 926. The van der Waals surface area contributed by atoms with E-state index in [9.17, 15) is 13.2 Å². The highest BCUT2D eigenvalue weighted by molar-refractivity contribution is 9.10. The van der Waals surface area contributed by atoms with Crippen LogP contribution in [0.1, 0.15) is 30.4 Å². The molecule has 0 fully saturated rings. The number of hydrogen-bond acceptors (Lipinski definition) is 7. The molecule has 0 aliphatic carbocycles. The number of hydrogen-bond donors (Lipinski definition) is 0. The third kappa shape index (κ3) is 4.82. The van der Waals surface area contributed by atoms with Crippen molar-refractivity contribution in [2.75, 3.05) is 13.4 Å². The summed E-state index contributed by atoms with van der Waals surface area (Å²) < 4.78 is 38.0. The second-order valence-electron chi connectivity index (χ2n) is 6.30. The molecule has 1 aromatic carbocycles. The van der Waals surface area contributed by atoms with E-state index in [4.69, 9.17) is 9.47 Å². The molecule has 2 aromatic rings. The quantitative estimate of drug-likeness (QED) is 0.443. The zero-order valence-electron chi connectivity index (χ0n) is 15.0. The van der Waals surface area contributed by atoms with Gasteiger partial charge in [-0.25, -0.2) is 13.2 Å². The summed E-state index contributed by atoms with van der Waals surface area (Å²) in [5.74, 6) is -0.114. The Balaban J connectivity index is 2.57. The molecule has 0 N–H and O–H groups in total. The van der Waals surface area contributed by atoms with Crippen LogP contribution in [0.4, 0.5) is 0 Å². The van der Waals surface area contributed by atoms with Gasteiger partial charge in [-0.1, -0.05) is 15.9 Å². The number of methoxy groups -OCH3 is 1. The summed E-state index contributed by atoms with van der Waals surface area (Å²) >= 11 is 5.71. The summed E-state index contributed by atoms with van der Waals surface area (Å²) in [6.07, 6.45) is 1.76. The number of carbonyl (C=O) groups is 1. The van der Waals surface area contributed by atoms with Gasteiger partial charge in [-0.3, -0.25) is 0 Å². The Labute approximate surface area is 170 Å². The number of ether oxygens (including phenoxy) is 2. The third-order valence-corrected chi connectivity index (χ3v) is 7.83. The minimum atomic E-state index is -3.83. The molecule has 2 rings (SSSR count). The van der Waals surface area contributed by atoms with Gasteiger partial charge in [0.2, 0.25) is 9.84 Å². The van der Waals surface area contributed by atoms with Crippen LogP contribution in [0.25, 0.3) is 0 Å². The molecule has 0 radical (unpaired) electrons. The van der Waals surface area contributed by atoms with Crippen LogP contribution in [-0.2, 0) is 14.6 Å². The van der Waals surface area contributed by atoms with Crippen molar-refractivity contribution in [2.24, 2.45) is 0 Å². The van der Waals surface area contributed by atoms with Crippen LogP contribution >= 0.6 is 39.0 Å². The minimum Gasteiger partial charge on any atom is -0.488 e. The first-order chi connectivity index (χ1) is 12.0. The van der Waals surface area contributed by atoms with Gasteiger partial charge < -0.3 is 9.47 Å². The second kappa shape index (κ2) is 7.92. The molecule has 26 heavy (non-hydrogen) atoms. The lowest BCUT2D eigenvalue weighted by atomic mass is 10.2. The molecule has 142 valence electrons. The molecule has 9 heteroatoms. The number of carbonyl (C=O) groups excluding carboxylic acids is 1. The molecule has 0 saturated carbocycles. The minimum absolute atomic E-state index is 0.0928. The van der Waals surface area contributed by atoms with Gasteiger partial charge in [0, 0.05) is 4.47 Å². The molecule has 0 aliphatic rings. The third-order valence-electron chi connectivity index (χ3n) is 3.11. The van der Waals surface area contributed by atoms with Gasteiger partial charge >= 0.3 is 5.97 Å². The van der Waals surface area contributed by atoms with Crippen molar-refractivity contribution in [2.45, 2.75) is 40.4 Å². The molecule has 0 unspecified atom stereocenters. The van der Waals surface area contributed by atoms with Gasteiger partial charge in [0.05, 0.1) is 21.1 Å². The summed E-state index contributed by atoms with van der Waals surface area (Å²) in [5, 5.41) is 0. The van der Waals surface area contributed by atoms with Gasteiger partial charge in [0.15, 0.2) is 0 Å². The van der Waals surface area contributed by atoms with Crippen LogP contribution in [0.5, 0.6) is 5.75 Å². The molecule has 0 saturated heterocycles. The predicted octanol–water partition coefficient (Wildman–Crippen LogP) is 5.03. The van der Waals surface area contributed by atoms with Crippen molar-refractivity contribution in [3.05, 3.63) is 33.6 Å². The standard InChI is InChI=1S/C17H19BrO5S3/c1-17(2,3)23-11-6-10(18)7-12(8-11)26(20,21)14-9-13(15(19)22-4)25-16(14)24-5/h6-9H,1-5H3. The summed E-state index contributed by atoms with van der Waals surface area (Å²) in [5.41, 5.74) is -0.466. The SMILES string of the molecule is COC(=O)c1cc(S(=O)(=O)c2cc(Br)cc(OC(C)(C)C)c2)c(SC)s1. The molecular weight excluding hydrogens is 460 g/mol. The Kier molecular flexibility index (Phi) is 6.48. The number of thiophene rings is 1. The molecule has 0 atom stereocenters. The van der Waals surface area contributed by atoms with E-state index in [1.54, 1.807) is 12.3 Å². The van der Waals surface area contributed by atoms with Crippen molar-refractivity contribution in [3.63, 3.8) is 0 Å². The van der Waals surface area contributed by atoms with Crippen molar-refractivity contribution in [1.29, 1.82) is 0 Å². The lowest BCUT2D eigenvalue weighted by Crippen LogP contribution is -2.23.